The van der Waals surface area contributed by atoms with E-state index < -0.39 is 5.97 Å². The van der Waals surface area contributed by atoms with E-state index in [1.165, 1.54) is 7.11 Å². The second-order valence-electron chi connectivity index (χ2n) is 5.60. The van der Waals surface area contributed by atoms with E-state index in [-0.39, 0.29) is 24.5 Å². The van der Waals surface area contributed by atoms with Crippen molar-refractivity contribution >= 4 is 27.8 Å². The van der Waals surface area contributed by atoms with Gasteiger partial charge in [0.15, 0.2) is 0 Å². The second-order valence-corrected chi connectivity index (χ2v) is 6.51. The van der Waals surface area contributed by atoms with E-state index in [9.17, 15) is 9.59 Å². The maximum Gasteiger partial charge on any atom is 0.317 e. The quantitative estimate of drug-likeness (QED) is 0.752. The molecule has 0 aromatic heterocycles. The van der Waals surface area contributed by atoms with E-state index in [1.807, 2.05) is 11.8 Å². The maximum atomic E-state index is 12.3. The van der Waals surface area contributed by atoms with E-state index in [1.54, 1.807) is 18.2 Å². The Balaban J connectivity index is 1.90. The molecule has 7 heteroatoms. The van der Waals surface area contributed by atoms with Crippen molar-refractivity contribution in [1.82, 2.24) is 10.2 Å². The molecule has 0 radical (unpaired) electrons. The predicted octanol–water partition coefficient (Wildman–Crippen LogP) is 2.12. The molecule has 0 bridgehead atoms. The van der Waals surface area contributed by atoms with Crippen LogP contribution in [0.3, 0.4) is 0 Å². The summed E-state index contributed by atoms with van der Waals surface area (Å²) in [6, 6.07) is 5.56. The van der Waals surface area contributed by atoms with Crippen molar-refractivity contribution in [3.8, 4) is 5.75 Å². The minimum atomic E-state index is -0.820. The summed E-state index contributed by atoms with van der Waals surface area (Å²) in [4.78, 5) is 25.1. The standard InChI is InChI=1S/C16H21BrN2O4/c1-3-19(9-15(20)21)12-7-11(8-12)18-16(22)13-5-4-10(17)6-14(13)23-2/h4-6,11-12H,3,7-9H2,1-2H3,(H,18,22)(H,20,21). The number of hydrogen-bond donors (Lipinski definition) is 2. The van der Waals surface area contributed by atoms with Gasteiger partial charge in [0.1, 0.15) is 5.75 Å². The van der Waals surface area contributed by atoms with Crippen molar-refractivity contribution in [2.45, 2.75) is 31.8 Å². The SMILES string of the molecule is CCN(CC(=O)O)C1CC(NC(=O)c2ccc(Br)cc2OC)C1. The summed E-state index contributed by atoms with van der Waals surface area (Å²) in [5.41, 5.74) is 0.497. The Morgan fingerprint density at radius 2 is 2.13 bits per heavy atom. The van der Waals surface area contributed by atoms with Gasteiger partial charge in [0.2, 0.25) is 0 Å². The van der Waals surface area contributed by atoms with Crippen LogP contribution in [0.1, 0.15) is 30.1 Å². The topological polar surface area (TPSA) is 78.9 Å². The van der Waals surface area contributed by atoms with Gasteiger partial charge in [-0.05, 0) is 37.6 Å². The fraction of sp³-hybridized carbons (Fsp3) is 0.500. The third-order valence-electron chi connectivity index (χ3n) is 4.12. The molecular formula is C16H21BrN2O4. The number of carboxylic acids is 1. The number of carbonyl (C=O) groups is 2. The first kappa shape index (κ1) is 17.7. The lowest BCUT2D eigenvalue weighted by Crippen LogP contribution is -2.54. The van der Waals surface area contributed by atoms with Gasteiger partial charge >= 0.3 is 5.97 Å². The van der Waals surface area contributed by atoms with Gasteiger partial charge < -0.3 is 15.2 Å². The van der Waals surface area contributed by atoms with Crippen molar-refractivity contribution in [2.24, 2.45) is 0 Å². The number of likely N-dealkylation sites (N-methyl/N-ethyl adjacent to an activating group) is 1. The van der Waals surface area contributed by atoms with Gasteiger partial charge in [-0.15, -0.1) is 0 Å². The number of ether oxygens (including phenoxy) is 1. The molecular weight excluding hydrogens is 364 g/mol. The lowest BCUT2D eigenvalue weighted by Gasteiger charge is -2.42. The average Bonchev–Trinajstić information content (AvgIpc) is 2.47. The van der Waals surface area contributed by atoms with Gasteiger partial charge in [-0.2, -0.15) is 0 Å². The van der Waals surface area contributed by atoms with Crippen molar-refractivity contribution in [3.05, 3.63) is 28.2 Å². The molecule has 1 fully saturated rings. The monoisotopic (exact) mass is 384 g/mol. The lowest BCUT2D eigenvalue weighted by molar-refractivity contribution is -0.139. The second kappa shape index (κ2) is 7.79. The number of carbonyl (C=O) groups excluding carboxylic acids is 1. The summed E-state index contributed by atoms with van der Waals surface area (Å²) < 4.78 is 6.09. The predicted molar refractivity (Wildman–Crippen MR) is 89.9 cm³/mol. The number of halogens is 1. The van der Waals surface area contributed by atoms with Crippen LogP contribution in [0.2, 0.25) is 0 Å². The minimum absolute atomic E-state index is 0.0440. The van der Waals surface area contributed by atoms with Gasteiger partial charge in [0.05, 0.1) is 19.2 Å². The molecule has 2 N–H and O–H groups in total. The van der Waals surface area contributed by atoms with Gasteiger partial charge in [0.25, 0.3) is 5.91 Å². The van der Waals surface area contributed by atoms with Crippen LogP contribution in [0.25, 0.3) is 0 Å². The highest BCUT2D eigenvalue weighted by atomic mass is 79.9. The van der Waals surface area contributed by atoms with Gasteiger partial charge in [-0.3, -0.25) is 14.5 Å². The van der Waals surface area contributed by atoms with Crippen LogP contribution in [0.5, 0.6) is 5.75 Å². The normalized spacial score (nSPS) is 20.0. The molecule has 0 spiro atoms. The van der Waals surface area contributed by atoms with Crippen molar-refractivity contribution in [3.63, 3.8) is 0 Å². The Labute approximate surface area is 143 Å². The molecule has 0 unspecified atom stereocenters. The van der Waals surface area contributed by atoms with Crippen molar-refractivity contribution in [2.75, 3.05) is 20.2 Å². The molecule has 1 aliphatic rings. The van der Waals surface area contributed by atoms with Gasteiger partial charge in [-0.1, -0.05) is 22.9 Å². The zero-order chi connectivity index (χ0) is 17.0. The molecule has 1 aliphatic carbocycles. The number of hydrogen-bond acceptors (Lipinski definition) is 4. The number of nitrogens with one attached hydrogen (secondary N) is 1. The molecule has 6 nitrogen and oxygen atoms in total. The van der Waals surface area contributed by atoms with Crippen LogP contribution >= 0.6 is 15.9 Å². The molecule has 126 valence electrons. The Hall–Kier alpha value is -1.60. The highest BCUT2D eigenvalue weighted by molar-refractivity contribution is 9.10. The van der Waals surface area contributed by atoms with E-state index in [4.69, 9.17) is 9.84 Å². The van der Waals surface area contributed by atoms with E-state index >= 15 is 0 Å². The smallest absolute Gasteiger partial charge is 0.317 e. The number of benzene rings is 1. The summed E-state index contributed by atoms with van der Waals surface area (Å²) in [5, 5.41) is 11.9. The molecule has 1 aromatic rings. The number of nitrogens with zero attached hydrogens (tertiary/aromatic N) is 1. The maximum absolute atomic E-state index is 12.3. The number of aliphatic carboxylic acids is 1. The highest BCUT2D eigenvalue weighted by Gasteiger charge is 2.35. The molecule has 0 heterocycles. The summed E-state index contributed by atoms with van der Waals surface area (Å²) in [6.45, 7) is 2.68. The number of amides is 1. The molecule has 0 saturated heterocycles. The zero-order valence-electron chi connectivity index (χ0n) is 13.2. The molecule has 1 saturated carbocycles. The first-order valence-electron chi connectivity index (χ1n) is 7.54. The number of methoxy groups -OCH3 is 1. The van der Waals surface area contributed by atoms with Crippen LogP contribution in [0.4, 0.5) is 0 Å². The molecule has 0 atom stereocenters. The molecule has 1 amide bonds. The van der Waals surface area contributed by atoms with Crippen LogP contribution in [0.15, 0.2) is 22.7 Å². The zero-order valence-corrected chi connectivity index (χ0v) is 14.8. The largest absolute Gasteiger partial charge is 0.496 e. The molecule has 23 heavy (non-hydrogen) atoms. The Morgan fingerprint density at radius 1 is 1.43 bits per heavy atom. The Morgan fingerprint density at radius 3 is 2.70 bits per heavy atom. The fourth-order valence-corrected chi connectivity index (χ4v) is 3.13. The van der Waals surface area contributed by atoms with Crippen LogP contribution in [-0.2, 0) is 4.79 Å². The molecule has 1 aromatic carbocycles. The first-order valence-corrected chi connectivity index (χ1v) is 8.34. The fourth-order valence-electron chi connectivity index (χ4n) is 2.79. The average molecular weight is 385 g/mol. The highest BCUT2D eigenvalue weighted by Crippen LogP contribution is 2.27. The Bertz CT molecular complexity index is 587. The summed E-state index contributed by atoms with van der Waals surface area (Å²) in [7, 11) is 1.53. The number of carboxylic acid groups (broad SMARTS) is 1. The number of rotatable bonds is 7. The summed E-state index contributed by atoms with van der Waals surface area (Å²) >= 11 is 3.35. The van der Waals surface area contributed by atoms with Crippen molar-refractivity contribution < 1.29 is 19.4 Å². The summed E-state index contributed by atoms with van der Waals surface area (Å²) in [5.74, 6) is -0.466. The Kier molecular flexibility index (Phi) is 6.01. The first-order chi connectivity index (χ1) is 10.9. The van der Waals surface area contributed by atoms with Crippen LogP contribution in [-0.4, -0.2) is 54.2 Å². The van der Waals surface area contributed by atoms with E-state index in [2.05, 4.69) is 21.2 Å². The lowest BCUT2D eigenvalue weighted by atomic mass is 9.85. The third kappa shape index (κ3) is 4.45. The van der Waals surface area contributed by atoms with Crippen molar-refractivity contribution in [1.29, 1.82) is 0 Å². The molecule has 0 aliphatic heterocycles. The van der Waals surface area contributed by atoms with E-state index in [0.29, 0.717) is 17.9 Å². The minimum Gasteiger partial charge on any atom is -0.496 e. The van der Waals surface area contributed by atoms with E-state index in [0.717, 1.165) is 17.3 Å². The van der Waals surface area contributed by atoms with Gasteiger partial charge in [-0.25, -0.2) is 0 Å². The molecule has 2 rings (SSSR count). The third-order valence-corrected chi connectivity index (χ3v) is 4.61. The summed E-state index contributed by atoms with van der Waals surface area (Å²) in [6.07, 6.45) is 1.54. The van der Waals surface area contributed by atoms with Crippen LogP contribution in [0, 0.1) is 0 Å². The van der Waals surface area contributed by atoms with Gasteiger partial charge in [0, 0.05) is 16.6 Å². The van der Waals surface area contributed by atoms with Crippen LogP contribution < -0.4 is 10.1 Å².